The minimum atomic E-state index is 0.135. The molecular weight excluding hydrogens is 176 g/mol. The molecule has 14 heavy (non-hydrogen) atoms. The van der Waals surface area contributed by atoms with E-state index in [1.54, 1.807) is 0 Å². The SMILES string of the molecule is CC(C)CCC(=O)NCCCCC#N. The molecule has 3 nitrogen and oxygen atoms in total. The van der Waals surface area contributed by atoms with Crippen LogP contribution in [0.4, 0.5) is 0 Å². The van der Waals surface area contributed by atoms with Crippen LogP contribution in [-0.4, -0.2) is 12.5 Å². The molecule has 0 unspecified atom stereocenters. The molecule has 0 aliphatic heterocycles. The summed E-state index contributed by atoms with van der Waals surface area (Å²) >= 11 is 0. The molecule has 0 saturated carbocycles. The predicted molar refractivity (Wildman–Crippen MR) is 56.5 cm³/mol. The molecule has 0 spiro atoms. The first-order valence-corrected chi connectivity index (χ1v) is 5.30. The Kier molecular flexibility index (Phi) is 7.92. The average molecular weight is 196 g/mol. The standard InChI is InChI=1S/C11H20N2O/c1-10(2)6-7-11(14)13-9-5-3-4-8-12/h10H,3-7,9H2,1-2H3,(H,13,14). The van der Waals surface area contributed by atoms with Crippen molar-refractivity contribution in [3.8, 4) is 6.07 Å². The van der Waals surface area contributed by atoms with Crippen molar-refractivity contribution < 1.29 is 4.79 Å². The number of amides is 1. The van der Waals surface area contributed by atoms with Gasteiger partial charge in [0.25, 0.3) is 0 Å². The van der Waals surface area contributed by atoms with Crippen molar-refractivity contribution in [2.45, 2.75) is 46.0 Å². The van der Waals surface area contributed by atoms with E-state index in [0.717, 1.165) is 19.3 Å². The summed E-state index contributed by atoms with van der Waals surface area (Å²) in [7, 11) is 0. The van der Waals surface area contributed by atoms with Crippen LogP contribution < -0.4 is 5.32 Å². The van der Waals surface area contributed by atoms with Gasteiger partial charge in [0.2, 0.25) is 5.91 Å². The Hall–Kier alpha value is -1.04. The van der Waals surface area contributed by atoms with E-state index < -0.39 is 0 Å². The van der Waals surface area contributed by atoms with Gasteiger partial charge in [-0.15, -0.1) is 0 Å². The fourth-order valence-electron chi connectivity index (χ4n) is 1.07. The summed E-state index contributed by atoms with van der Waals surface area (Å²) in [5, 5.41) is 11.1. The predicted octanol–water partition coefficient (Wildman–Crippen LogP) is 2.23. The first-order valence-electron chi connectivity index (χ1n) is 5.30. The van der Waals surface area contributed by atoms with Gasteiger partial charge in [-0.2, -0.15) is 5.26 Å². The van der Waals surface area contributed by atoms with Gasteiger partial charge in [0.05, 0.1) is 6.07 Å². The molecule has 0 radical (unpaired) electrons. The van der Waals surface area contributed by atoms with Gasteiger partial charge in [0, 0.05) is 19.4 Å². The Morgan fingerprint density at radius 1 is 1.43 bits per heavy atom. The van der Waals surface area contributed by atoms with Crippen molar-refractivity contribution in [1.82, 2.24) is 5.32 Å². The molecule has 0 rings (SSSR count). The largest absolute Gasteiger partial charge is 0.356 e. The van der Waals surface area contributed by atoms with Crippen LogP contribution in [-0.2, 0) is 4.79 Å². The van der Waals surface area contributed by atoms with Crippen LogP contribution in [0.5, 0.6) is 0 Å². The summed E-state index contributed by atoms with van der Waals surface area (Å²) < 4.78 is 0. The third kappa shape index (κ3) is 9.05. The van der Waals surface area contributed by atoms with Gasteiger partial charge in [0.15, 0.2) is 0 Å². The Morgan fingerprint density at radius 2 is 2.14 bits per heavy atom. The normalized spacial score (nSPS) is 9.86. The first-order chi connectivity index (χ1) is 6.66. The molecule has 0 fully saturated rings. The number of hydrogen-bond donors (Lipinski definition) is 1. The van der Waals surface area contributed by atoms with Gasteiger partial charge >= 0.3 is 0 Å². The van der Waals surface area contributed by atoms with Crippen molar-refractivity contribution >= 4 is 5.91 Å². The lowest BCUT2D eigenvalue weighted by Gasteiger charge is -2.05. The van der Waals surface area contributed by atoms with Crippen LogP contribution in [0.25, 0.3) is 0 Å². The molecule has 80 valence electrons. The molecule has 0 aromatic rings. The van der Waals surface area contributed by atoms with E-state index in [0.29, 0.717) is 25.3 Å². The lowest BCUT2D eigenvalue weighted by atomic mass is 10.1. The summed E-state index contributed by atoms with van der Waals surface area (Å²) in [5.74, 6) is 0.718. The minimum absolute atomic E-state index is 0.135. The summed E-state index contributed by atoms with van der Waals surface area (Å²) in [4.78, 5) is 11.2. The fourth-order valence-corrected chi connectivity index (χ4v) is 1.07. The van der Waals surface area contributed by atoms with E-state index in [4.69, 9.17) is 5.26 Å². The quantitative estimate of drug-likeness (QED) is 0.635. The molecule has 1 N–H and O–H groups in total. The van der Waals surface area contributed by atoms with Gasteiger partial charge in [-0.05, 0) is 25.2 Å². The second-order valence-corrected chi connectivity index (χ2v) is 3.90. The number of rotatable bonds is 7. The van der Waals surface area contributed by atoms with Gasteiger partial charge in [-0.25, -0.2) is 0 Å². The maximum Gasteiger partial charge on any atom is 0.220 e. The van der Waals surface area contributed by atoms with E-state index in [2.05, 4.69) is 25.2 Å². The summed E-state index contributed by atoms with van der Waals surface area (Å²) in [5.41, 5.74) is 0. The zero-order valence-corrected chi connectivity index (χ0v) is 9.18. The maximum absolute atomic E-state index is 11.2. The van der Waals surface area contributed by atoms with Gasteiger partial charge in [-0.1, -0.05) is 13.8 Å². The Bertz CT molecular complexity index is 194. The number of nitrogens with one attached hydrogen (secondary N) is 1. The second kappa shape index (κ2) is 8.55. The number of carbonyl (C=O) groups is 1. The highest BCUT2D eigenvalue weighted by Gasteiger charge is 2.01. The number of nitriles is 1. The number of unbranched alkanes of at least 4 members (excludes halogenated alkanes) is 2. The molecular formula is C11H20N2O. The Morgan fingerprint density at radius 3 is 2.71 bits per heavy atom. The van der Waals surface area contributed by atoms with Gasteiger partial charge in [0.1, 0.15) is 0 Å². The van der Waals surface area contributed by atoms with Gasteiger partial charge in [-0.3, -0.25) is 4.79 Å². The molecule has 0 aliphatic carbocycles. The molecule has 0 heterocycles. The highest BCUT2D eigenvalue weighted by molar-refractivity contribution is 5.75. The summed E-state index contributed by atoms with van der Waals surface area (Å²) in [6.07, 6.45) is 3.93. The lowest BCUT2D eigenvalue weighted by Crippen LogP contribution is -2.24. The van der Waals surface area contributed by atoms with E-state index in [1.165, 1.54) is 0 Å². The number of hydrogen-bond acceptors (Lipinski definition) is 2. The molecule has 0 aliphatic rings. The monoisotopic (exact) mass is 196 g/mol. The molecule has 0 aromatic heterocycles. The van der Waals surface area contributed by atoms with Crippen LogP contribution in [0, 0.1) is 17.2 Å². The van der Waals surface area contributed by atoms with Crippen LogP contribution >= 0.6 is 0 Å². The lowest BCUT2D eigenvalue weighted by molar-refractivity contribution is -0.121. The third-order valence-electron chi connectivity index (χ3n) is 1.99. The number of nitrogens with zero attached hydrogens (tertiary/aromatic N) is 1. The second-order valence-electron chi connectivity index (χ2n) is 3.90. The topological polar surface area (TPSA) is 52.9 Å². The summed E-state index contributed by atoms with van der Waals surface area (Å²) in [6, 6.07) is 2.08. The first kappa shape index (κ1) is 13.0. The van der Waals surface area contributed by atoms with Crippen molar-refractivity contribution in [3.63, 3.8) is 0 Å². The molecule has 0 aromatic carbocycles. The van der Waals surface area contributed by atoms with E-state index in [9.17, 15) is 4.79 Å². The average Bonchev–Trinajstić information content (AvgIpc) is 2.14. The zero-order valence-electron chi connectivity index (χ0n) is 9.18. The van der Waals surface area contributed by atoms with E-state index in [-0.39, 0.29) is 5.91 Å². The third-order valence-corrected chi connectivity index (χ3v) is 1.99. The highest BCUT2D eigenvalue weighted by atomic mass is 16.1. The summed E-state index contributed by atoms with van der Waals surface area (Å²) in [6.45, 7) is 4.93. The molecule has 3 heteroatoms. The van der Waals surface area contributed by atoms with Crippen molar-refractivity contribution in [3.05, 3.63) is 0 Å². The molecule has 0 atom stereocenters. The smallest absolute Gasteiger partial charge is 0.220 e. The van der Waals surface area contributed by atoms with Gasteiger partial charge < -0.3 is 5.32 Å². The van der Waals surface area contributed by atoms with E-state index in [1.807, 2.05) is 0 Å². The van der Waals surface area contributed by atoms with Crippen LogP contribution in [0.2, 0.25) is 0 Å². The van der Waals surface area contributed by atoms with Crippen molar-refractivity contribution in [2.24, 2.45) is 5.92 Å². The van der Waals surface area contributed by atoms with Crippen LogP contribution in [0.15, 0.2) is 0 Å². The van der Waals surface area contributed by atoms with Crippen molar-refractivity contribution in [1.29, 1.82) is 5.26 Å². The zero-order chi connectivity index (χ0) is 10.8. The Balaban J connectivity index is 3.24. The minimum Gasteiger partial charge on any atom is -0.356 e. The number of carbonyl (C=O) groups excluding carboxylic acids is 1. The fraction of sp³-hybridized carbons (Fsp3) is 0.818. The molecule has 0 saturated heterocycles. The molecule has 1 amide bonds. The molecule has 0 bridgehead atoms. The highest BCUT2D eigenvalue weighted by Crippen LogP contribution is 2.02. The Labute approximate surface area is 86.5 Å². The van der Waals surface area contributed by atoms with Crippen LogP contribution in [0.1, 0.15) is 46.0 Å². The van der Waals surface area contributed by atoms with E-state index >= 15 is 0 Å². The maximum atomic E-state index is 11.2. The van der Waals surface area contributed by atoms with Crippen molar-refractivity contribution in [2.75, 3.05) is 6.54 Å². The van der Waals surface area contributed by atoms with Crippen LogP contribution in [0.3, 0.4) is 0 Å².